The van der Waals surface area contributed by atoms with Crippen LogP contribution in [0.2, 0.25) is 0 Å². The van der Waals surface area contributed by atoms with Crippen molar-refractivity contribution in [3.8, 4) is 0 Å². The fraction of sp³-hybridized carbons (Fsp3) is 0.600. The van der Waals surface area contributed by atoms with Crippen LogP contribution in [0.25, 0.3) is 0 Å². The molecule has 0 fully saturated rings. The summed E-state index contributed by atoms with van der Waals surface area (Å²) in [5, 5.41) is 0. The molecule has 2 atom stereocenters. The van der Waals surface area contributed by atoms with Crippen molar-refractivity contribution < 1.29 is 0 Å². The molecule has 0 amide bonds. The number of hydrogen-bond acceptors (Lipinski definition) is 2. The second-order valence-corrected chi connectivity index (χ2v) is 11.1. The molecule has 0 aromatic heterocycles. The highest BCUT2D eigenvalue weighted by molar-refractivity contribution is 5.30. The van der Waals surface area contributed by atoms with Gasteiger partial charge in [-0.1, -0.05) is 146 Å². The highest BCUT2D eigenvalue weighted by Crippen LogP contribution is 2.45. The number of nitrogens with zero attached hydrogens (tertiary/aromatic N) is 2. The van der Waals surface area contributed by atoms with Crippen molar-refractivity contribution in [1.82, 2.24) is 9.80 Å². The molecule has 0 aliphatic carbocycles. The predicted molar refractivity (Wildman–Crippen MR) is 162 cm³/mol. The van der Waals surface area contributed by atoms with Crippen molar-refractivity contribution in [2.24, 2.45) is 0 Å². The third-order valence-corrected chi connectivity index (χ3v) is 8.40. The average Bonchev–Trinajstić information content (AvgIpc) is 3.26. The lowest BCUT2D eigenvalue weighted by Gasteiger charge is -2.51. The van der Waals surface area contributed by atoms with E-state index >= 15 is 0 Å². The molecule has 3 rings (SSSR count). The molecule has 2 heteroatoms. The standard InChI is InChI=1S/C35H54N2/c1-4-7-9-11-12-14-22-28-37-30-29-36(27-21-13-10-8-5-2)35(37,31-32-23-17-15-18-24-32)34(6-3)33-25-19-16-20-26-33/h15-20,23-26,29-30,34H,4-14,21-22,27-28,31H2,1-3H3. The molecular weight excluding hydrogens is 448 g/mol. The minimum atomic E-state index is -0.0512. The summed E-state index contributed by atoms with van der Waals surface area (Å²) in [7, 11) is 0. The summed E-state index contributed by atoms with van der Waals surface area (Å²) in [5.74, 6) is 0.448. The largest absolute Gasteiger partial charge is 0.353 e. The summed E-state index contributed by atoms with van der Waals surface area (Å²) in [5.41, 5.74) is 2.87. The summed E-state index contributed by atoms with van der Waals surface area (Å²) < 4.78 is 0. The van der Waals surface area contributed by atoms with E-state index in [2.05, 4.69) is 104 Å². The lowest BCUT2D eigenvalue weighted by atomic mass is 9.78. The second-order valence-electron chi connectivity index (χ2n) is 11.1. The Hall–Kier alpha value is -2.22. The van der Waals surface area contributed by atoms with Gasteiger partial charge < -0.3 is 9.80 Å². The zero-order valence-corrected chi connectivity index (χ0v) is 24.2. The van der Waals surface area contributed by atoms with Crippen molar-refractivity contribution in [2.45, 2.75) is 122 Å². The van der Waals surface area contributed by atoms with Crippen LogP contribution < -0.4 is 0 Å². The van der Waals surface area contributed by atoms with Crippen molar-refractivity contribution in [3.05, 3.63) is 84.2 Å². The van der Waals surface area contributed by atoms with Crippen molar-refractivity contribution in [3.63, 3.8) is 0 Å². The van der Waals surface area contributed by atoms with Crippen LogP contribution in [0.5, 0.6) is 0 Å². The Balaban J connectivity index is 1.86. The van der Waals surface area contributed by atoms with Crippen LogP contribution in [-0.4, -0.2) is 28.6 Å². The van der Waals surface area contributed by atoms with Gasteiger partial charge in [-0.3, -0.25) is 0 Å². The summed E-state index contributed by atoms with van der Waals surface area (Å²) in [6.07, 6.45) is 23.2. The topological polar surface area (TPSA) is 6.48 Å². The van der Waals surface area contributed by atoms with E-state index in [0.29, 0.717) is 5.92 Å². The molecule has 2 nitrogen and oxygen atoms in total. The van der Waals surface area contributed by atoms with Crippen molar-refractivity contribution >= 4 is 0 Å². The number of unbranched alkanes of at least 4 members (excludes halogenated alkanes) is 10. The lowest BCUT2D eigenvalue weighted by Crippen LogP contribution is -2.59. The Morgan fingerprint density at radius 2 is 1.03 bits per heavy atom. The molecule has 2 unspecified atom stereocenters. The Bertz CT molecular complexity index is 861. The molecular formula is C35H54N2. The predicted octanol–water partition coefficient (Wildman–Crippen LogP) is 9.93. The van der Waals surface area contributed by atoms with E-state index in [1.54, 1.807) is 0 Å². The molecule has 1 heterocycles. The molecule has 1 aliphatic rings. The van der Waals surface area contributed by atoms with E-state index in [9.17, 15) is 0 Å². The summed E-state index contributed by atoms with van der Waals surface area (Å²) in [6.45, 7) is 9.30. The molecule has 0 N–H and O–H groups in total. The smallest absolute Gasteiger partial charge is 0.123 e. The fourth-order valence-corrected chi connectivity index (χ4v) is 6.38. The van der Waals surface area contributed by atoms with Gasteiger partial charge in [0.1, 0.15) is 5.66 Å². The minimum Gasteiger partial charge on any atom is -0.353 e. The van der Waals surface area contributed by atoms with Crippen LogP contribution in [0.4, 0.5) is 0 Å². The molecule has 2 aromatic carbocycles. The van der Waals surface area contributed by atoms with E-state index in [1.807, 2.05) is 0 Å². The van der Waals surface area contributed by atoms with Crippen LogP contribution >= 0.6 is 0 Å². The van der Waals surface area contributed by atoms with Crippen molar-refractivity contribution in [2.75, 3.05) is 13.1 Å². The first kappa shape index (κ1) is 29.3. The van der Waals surface area contributed by atoms with Gasteiger partial charge in [-0.05, 0) is 30.4 Å². The summed E-state index contributed by atoms with van der Waals surface area (Å²) in [6, 6.07) is 22.6. The highest BCUT2D eigenvalue weighted by atomic mass is 15.4. The molecule has 0 saturated carbocycles. The zero-order chi connectivity index (χ0) is 26.2. The van der Waals surface area contributed by atoms with E-state index in [-0.39, 0.29) is 5.66 Å². The first-order valence-corrected chi connectivity index (χ1v) is 15.6. The maximum absolute atomic E-state index is 2.75. The van der Waals surface area contributed by atoms with Crippen molar-refractivity contribution in [1.29, 1.82) is 0 Å². The Kier molecular flexibility index (Phi) is 13.2. The molecule has 0 saturated heterocycles. The fourth-order valence-electron chi connectivity index (χ4n) is 6.38. The lowest BCUT2D eigenvalue weighted by molar-refractivity contribution is -0.00378. The second kappa shape index (κ2) is 16.6. The third kappa shape index (κ3) is 8.39. The van der Waals surface area contributed by atoms with Gasteiger partial charge in [0.25, 0.3) is 0 Å². The van der Waals surface area contributed by atoms with Gasteiger partial charge >= 0.3 is 0 Å². The molecule has 0 bridgehead atoms. The van der Waals surface area contributed by atoms with E-state index in [0.717, 1.165) is 25.9 Å². The number of rotatable bonds is 19. The first-order valence-electron chi connectivity index (χ1n) is 15.6. The van der Waals surface area contributed by atoms with Gasteiger partial charge in [-0.15, -0.1) is 0 Å². The summed E-state index contributed by atoms with van der Waals surface area (Å²) >= 11 is 0. The number of hydrogen-bond donors (Lipinski definition) is 0. The van der Waals surface area contributed by atoms with Gasteiger partial charge in [0.05, 0.1) is 0 Å². The Morgan fingerprint density at radius 3 is 1.51 bits per heavy atom. The van der Waals surface area contributed by atoms with Gasteiger partial charge in [-0.25, -0.2) is 0 Å². The quantitative estimate of drug-likeness (QED) is 0.176. The minimum absolute atomic E-state index is 0.0512. The van der Waals surface area contributed by atoms with Crippen LogP contribution in [0.15, 0.2) is 73.1 Å². The summed E-state index contributed by atoms with van der Waals surface area (Å²) in [4.78, 5) is 5.49. The molecule has 1 aliphatic heterocycles. The first-order chi connectivity index (χ1) is 18.3. The van der Waals surface area contributed by atoms with E-state index in [4.69, 9.17) is 0 Å². The Labute approximate surface area is 229 Å². The molecule has 37 heavy (non-hydrogen) atoms. The van der Waals surface area contributed by atoms with Crippen LogP contribution in [0.1, 0.15) is 121 Å². The van der Waals surface area contributed by atoms with Crippen LogP contribution in [0, 0.1) is 0 Å². The molecule has 2 aromatic rings. The van der Waals surface area contributed by atoms with Gasteiger partial charge in [0.15, 0.2) is 0 Å². The maximum atomic E-state index is 2.75. The van der Waals surface area contributed by atoms with Crippen LogP contribution in [0.3, 0.4) is 0 Å². The van der Waals surface area contributed by atoms with E-state index < -0.39 is 0 Å². The zero-order valence-electron chi connectivity index (χ0n) is 24.2. The SMILES string of the molecule is CCCCCCCCCN1C=CN(CCCCCCC)C1(Cc1ccccc1)C(CC)c1ccccc1. The highest BCUT2D eigenvalue weighted by Gasteiger charge is 2.49. The maximum Gasteiger partial charge on any atom is 0.123 e. The number of benzene rings is 2. The Morgan fingerprint density at radius 1 is 0.568 bits per heavy atom. The van der Waals surface area contributed by atoms with Gasteiger partial charge in [0, 0.05) is 37.8 Å². The molecule has 0 spiro atoms. The molecule has 0 radical (unpaired) electrons. The monoisotopic (exact) mass is 502 g/mol. The van der Waals surface area contributed by atoms with Crippen LogP contribution in [-0.2, 0) is 6.42 Å². The average molecular weight is 503 g/mol. The normalized spacial score (nSPS) is 18.0. The van der Waals surface area contributed by atoms with Gasteiger partial charge in [-0.2, -0.15) is 0 Å². The third-order valence-electron chi connectivity index (χ3n) is 8.40. The molecule has 204 valence electrons. The van der Waals surface area contributed by atoms with Gasteiger partial charge in [0.2, 0.25) is 0 Å². The van der Waals surface area contributed by atoms with E-state index in [1.165, 1.54) is 88.2 Å².